The number of hydrogen-bond donors (Lipinski definition) is 8. The van der Waals surface area contributed by atoms with Gasteiger partial charge in [-0.25, -0.2) is 4.79 Å². The molecule has 0 bridgehead atoms. The Hall–Kier alpha value is -2.67. The minimum absolute atomic E-state index is 0.0408. The van der Waals surface area contributed by atoms with E-state index in [-0.39, 0.29) is 12.2 Å². The lowest BCUT2D eigenvalue weighted by Crippen LogP contribution is -2.60. The van der Waals surface area contributed by atoms with Gasteiger partial charge in [-0.15, -0.1) is 0 Å². The number of aliphatic hydroxyl groups is 2. The Bertz CT molecular complexity index is 763. The first-order chi connectivity index (χ1) is 14.6. The second-order valence-corrected chi connectivity index (χ2v) is 7.21. The van der Waals surface area contributed by atoms with Gasteiger partial charge in [-0.2, -0.15) is 12.6 Å². The van der Waals surface area contributed by atoms with Gasteiger partial charge in [-0.1, -0.05) is 30.3 Å². The van der Waals surface area contributed by atoms with E-state index in [1.54, 1.807) is 30.3 Å². The number of nitrogens with two attached hydrogens (primary N) is 1. The van der Waals surface area contributed by atoms with Crippen LogP contribution in [0.3, 0.4) is 0 Å². The van der Waals surface area contributed by atoms with Gasteiger partial charge in [0, 0.05) is 12.2 Å². The highest BCUT2D eigenvalue weighted by molar-refractivity contribution is 7.80. The molecule has 31 heavy (non-hydrogen) atoms. The number of carbonyl (C=O) groups is 4. The van der Waals surface area contributed by atoms with Crippen molar-refractivity contribution in [3.8, 4) is 0 Å². The normalized spacial score (nSPS) is 15.6. The zero-order chi connectivity index (χ0) is 23.6. The summed E-state index contributed by atoms with van der Waals surface area (Å²) in [6.45, 7) is 0.609. The molecular weight excluding hydrogens is 428 g/mol. The first-order valence-electron chi connectivity index (χ1n) is 9.43. The van der Waals surface area contributed by atoms with E-state index < -0.39 is 60.6 Å². The van der Waals surface area contributed by atoms with Gasteiger partial charge in [0.25, 0.3) is 0 Å². The van der Waals surface area contributed by atoms with Crippen LogP contribution in [-0.4, -0.2) is 81.6 Å². The summed E-state index contributed by atoms with van der Waals surface area (Å²) in [5.41, 5.74) is 6.19. The highest BCUT2D eigenvalue weighted by Crippen LogP contribution is 2.05. The van der Waals surface area contributed by atoms with Crippen molar-refractivity contribution in [1.29, 1.82) is 0 Å². The molecule has 1 aromatic rings. The molecule has 0 aromatic heterocycles. The van der Waals surface area contributed by atoms with Gasteiger partial charge < -0.3 is 37.0 Å². The summed E-state index contributed by atoms with van der Waals surface area (Å²) in [5, 5.41) is 35.0. The van der Waals surface area contributed by atoms with Crippen LogP contribution in [0, 0.1) is 0 Å². The van der Waals surface area contributed by atoms with Crippen molar-refractivity contribution in [1.82, 2.24) is 16.0 Å². The van der Waals surface area contributed by atoms with E-state index in [0.29, 0.717) is 5.56 Å². The number of benzene rings is 1. The quantitative estimate of drug-likeness (QED) is 0.157. The molecular formula is C19H28N4O7S. The van der Waals surface area contributed by atoms with Gasteiger partial charge in [0.1, 0.15) is 24.2 Å². The Labute approximate surface area is 184 Å². The molecule has 5 atom stereocenters. The monoisotopic (exact) mass is 456 g/mol. The maximum atomic E-state index is 12.9. The van der Waals surface area contributed by atoms with E-state index in [2.05, 4.69) is 28.6 Å². The average molecular weight is 457 g/mol. The van der Waals surface area contributed by atoms with Crippen LogP contribution in [0.2, 0.25) is 0 Å². The van der Waals surface area contributed by atoms with Gasteiger partial charge in [-0.05, 0) is 12.5 Å². The lowest BCUT2D eigenvalue weighted by atomic mass is 10.0. The summed E-state index contributed by atoms with van der Waals surface area (Å²) >= 11 is 3.85. The number of thiol groups is 1. The van der Waals surface area contributed by atoms with Crippen molar-refractivity contribution >= 4 is 36.3 Å². The molecule has 0 aliphatic rings. The fourth-order valence-electron chi connectivity index (χ4n) is 2.53. The maximum Gasteiger partial charge on any atom is 0.327 e. The summed E-state index contributed by atoms with van der Waals surface area (Å²) in [7, 11) is 0. The predicted octanol–water partition coefficient (Wildman–Crippen LogP) is -2.60. The number of hydrogen-bond acceptors (Lipinski definition) is 8. The van der Waals surface area contributed by atoms with Gasteiger partial charge in [0.2, 0.25) is 17.7 Å². The Morgan fingerprint density at radius 1 is 1.00 bits per heavy atom. The molecule has 12 heteroatoms. The second-order valence-electron chi connectivity index (χ2n) is 6.85. The van der Waals surface area contributed by atoms with Crippen molar-refractivity contribution in [2.75, 3.05) is 12.4 Å². The van der Waals surface area contributed by atoms with Crippen molar-refractivity contribution in [2.45, 2.75) is 43.6 Å². The van der Waals surface area contributed by atoms with E-state index in [1.165, 1.54) is 6.92 Å². The third kappa shape index (κ3) is 8.53. The summed E-state index contributed by atoms with van der Waals surface area (Å²) in [4.78, 5) is 48.5. The van der Waals surface area contributed by atoms with Crippen molar-refractivity contribution in [2.24, 2.45) is 5.73 Å². The molecule has 172 valence electrons. The van der Waals surface area contributed by atoms with Gasteiger partial charge in [-0.3, -0.25) is 14.4 Å². The number of carboxylic acids is 1. The minimum atomic E-state index is -1.49. The molecule has 11 nitrogen and oxygen atoms in total. The van der Waals surface area contributed by atoms with Crippen LogP contribution in [0.1, 0.15) is 12.5 Å². The van der Waals surface area contributed by atoms with E-state index in [9.17, 15) is 24.3 Å². The lowest BCUT2D eigenvalue weighted by Gasteiger charge is -2.26. The second kappa shape index (κ2) is 12.9. The van der Waals surface area contributed by atoms with Gasteiger partial charge in [0.15, 0.2) is 0 Å². The molecule has 1 rings (SSSR count). The zero-order valence-electron chi connectivity index (χ0n) is 16.9. The van der Waals surface area contributed by atoms with E-state index in [4.69, 9.17) is 15.9 Å². The highest BCUT2D eigenvalue weighted by atomic mass is 32.1. The molecule has 0 aliphatic heterocycles. The fraction of sp³-hybridized carbons (Fsp3) is 0.474. The van der Waals surface area contributed by atoms with Crippen molar-refractivity contribution in [3.63, 3.8) is 0 Å². The van der Waals surface area contributed by atoms with Crippen LogP contribution in [-0.2, 0) is 25.6 Å². The molecule has 8 N–H and O–H groups in total. The number of carboxylic acid groups (broad SMARTS) is 1. The zero-order valence-corrected chi connectivity index (χ0v) is 17.8. The molecule has 0 aliphatic carbocycles. The predicted molar refractivity (Wildman–Crippen MR) is 114 cm³/mol. The number of aliphatic hydroxyl groups excluding tert-OH is 2. The molecule has 0 radical (unpaired) electrons. The van der Waals surface area contributed by atoms with Gasteiger partial charge >= 0.3 is 5.97 Å². The van der Waals surface area contributed by atoms with E-state index in [1.807, 2.05) is 0 Å². The van der Waals surface area contributed by atoms with Crippen LogP contribution in [0.25, 0.3) is 0 Å². The largest absolute Gasteiger partial charge is 0.480 e. The van der Waals surface area contributed by atoms with Crippen LogP contribution in [0.15, 0.2) is 30.3 Å². The third-order valence-corrected chi connectivity index (χ3v) is 4.67. The molecule has 0 spiro atoms. The molecule has 1 aromatic carbocycles. The molecule has 3 amide bonds. The summed E-state index contributed by atoms with van der Waals surface area (Å²) in [6, 6.07) is 3.44. The molecule has 0 heterocycles. The minimum Gasteiger partial charge on any atom is -0.480 e. The molecule has 5 unspecified atom stereocenters. The highest BCUT2D eigenvalue weighted by Gasteiger charge is 2.32. The molecule has 0 saturated carbocycles. The SMILES string of the molecule is CC(O)C(NC(=O)C(Cc1ccccc1)NC(=O)C(N)CO)C(=O)NC(CS)C(=O)O. The van der Waals surface area contributed by atoms with Crippen LogP contribution >= 0.6 is 12.6 Å². The van der Waals surface area contributed by atoms with Crippen molar-refractivity contribution in [3.05, 3.63) is 35.9 Å². The smallest absolute Gasteiger partial charge is 0.327 e. The maximum absolute atomic E-state index is 12.9. The standard InChI is InChI=1S/C19H28N4O7S/c1-10(25)15(18(28)22-14(9-31)19(29)30)23-17(27)13(21-16(26)12(20)8-24)7-11-5-3-2-4-6-11/h2-6,10,12-15,24-25,31H,7-9,20H2,1H3,(H,21,26)(H,22,28)(H,23,27)(H,29,30). The number of amides is 3. The Kier molecular flexibility index (Phi) is 11.0. The third-order valence-electron chi connectivity index (χ3n) is 4.31. The average Bonchev–Trinajstić information content (AvgIpc) is 2.74. The van der Waals surface area contributed by atoms with Crippen molar-refractivity contribution < 1.29 is 34.5 Å². The van der Waals surface area contributed by atoms with Crippen LogP contribution in [0.5, 0.6) is 0 Å². The number of nitrogens with one attached hydrogen (secondary N) is 3. The van der Waals surface area contributed by atoms with Crippen LogP contribution in [0.4, 0.5) is 0 Å². The first kappa shape index (κ1) is 26.4. The lowest BCUT2D eigenvalue weighted by molar-refractivity contribution is -0.142. The molecule has 0 saturated heterocycles. The van der Waals surface area contributed by atoms with E-state index >= 15 is 0 Å². The van der Waals surface area contributed by atoms with E-state index in [0.717, 1.165) is 0 Å². The van der Waals surface area contributed by atoms with Gasteiger partial charge in [0.05, 0.1) is 12.7 Å². The summed E-state index contributed by atoms with van der Waals surface area (Å²) < 4.78 is 0. The number of carbonyl (C=O) groups excluding carboxylic acids is 3. The Morgan fingerprint density at radius 2 is 1.58 bits per heavy atom. The fourth-order valence-corrected chi connectivity index (χ4v) is 2.77. The Morgan fingerprint density at radius 3 is 2.06 bits per heavy atom. The summed E-state index contributed by atoms with van der Waals surface area (Å²) in [6.07, 6.45) is -1.33. The first-order valence-corrected chi connectivity index (χ1v) is 10.1. The summed E-state index contributed by atoms with van der Waals surface area (Å²) in [5.74, 6) is -4.04. The van der Waals surface area contributed by atoms with Crippen LogP contribution < -0.4 is 21.7 Å². The Balaban J connectivity index is 3.02. The number of rotatable bonds is 12. The number of aliphatic carboxylic acids is 1. The topological polar surface area (TPSA) is 191 Å². The molecule has 0 fully saturated rings.